The van der Waals surface area contributed by atoms with Gasteiger partial charge < -0.3 is 11.1 Å². The molecular weight excluding hydrogens is 276 g/mol. The predicted octanol–water partition coefficient (Wildman–Crippen LogP) is 2.87. The lowest BCUT2D eigenvalue weighted by Gasteiger charge is -2.30. The highest BCUT2D eigenvalue weighted by Crippen LogP contribution is 2.32. The molecule has 0 radical (unpaired) electrons. The molecule has 0 saturated heterocycles. The standard InChI is InChI=1S/C14H26N2OS2/c1-4-14(5-2,12(15)18)13(17)16-10-7-8-11(9-10)19-6-3/h10-11H,4-9H2,1-3H3,(H2,15,18)(H,16,17). The molecule has 2 atom stereocenters. The van der Waals surface area contributed by atoms with E-state index in [1.54, 1.807) is 0 Å². The molecule has 1 aliphatic rings. The zero-order valence-electron chi connectivity index (χ0n) is 12.2. The maximum absolute atomic E-state index is 12.5. The summed E-state index contributed by atoms with van der Waals surface area (Å²) in [5, 5.41) is 3.86. The third-order valence-electron chi connectivity index (χ3n) is 4.24. The molecule has 110 valence electrons. The molecule has 0 spiro atoms. The van der Waals surface area contributed by atoms with Gasteiger partial charge in [-0.15, -0.1) is 0 Å². The molecular formula is C14H26N2OS2. The molecule has 0 bridgehead atoms. The Balaban J connectivity index is 2.61. The Hall–Kier alpha value is -0.290. The number of hydrogen-bond acceptors (Lipinski definition) is 3. The number of hydrogen-bond donors (Lipinski definition) is 2. The van der Waals surface area contributed by atoms with Crippen LogP contribution in [-0.4, -0.2) is 27.9 Å². The van der Waals surface area contributed by atoms with Gasteiger partial charge in [-0.2, -0.15) is 11.8 Å². The summed E-state index contributed by atoms with van der Waals surface area (Å²) in [6.07, 6.45) is 4.69. The average Bonchev–Trinajstić information content (AvgIpc) is 2.79. The number of thioether (sulfide) groups is 1. The molecule has 1 saturated carbocycles. The van der Waals surface area contributed by atoms with Crippen LogP contribution in [0.2, 0.25) is 0 Å². The number of carbonyl (C=O) groups is 1. The Morgan fingerprint density at radius 1 is 1.37 bits per heavy atom. The lowest BCUT2D eigenvalue weighted by atomic mass is 9.81. The summed E-state index contributed by atoms with van der Waals surface area (Å²) in [7, 11) is 0. The molecule has 0 aromatic heterocycles. The van der Waals surface area contributed by atoms with E-state index < -0.39 is 5.41 Å². The first-order chi connectivity index (χ1) is 9.00. The number of nitrogens with two attached hydrogens (primary N) is 1. The summed E-state index contributed by atoms with van der Waals surface area (Å²) in [6.45, 7) is 6.14. The second-order valence-corrected chi connectivity index (χ2v) is 7.23. The topological polar surface area (TPSA) is 55.1 Å². The normalized spacial score (nSPS) is 23.3. The maximum atomic E-state index is 12.5. The number of rotatable bonds is 7. The SMILES string of the molecule is CCSC1CCC(NC(=O)C(CC)(CC)C(N)=S)C1. The van der Waals surface area contributed by atoms with Gasteiger partial charge >= 0.3 is 0 Å². The Labute approximate surface area is 126 Å². The van der Waals surface area contributed by atoms with Crippen molar-refractivity contribution in [2.24, 2.45) is 11.1 Å². The van der Waals surface area contributed by atoms with Crippen LogP contribution in [0.5, 0.6) is 0 Å². The number of thiocarbonyl (C=S) groups is 1. The van der Waals surface area contributed by atoms with Crippen molar-refractivity contribution in [1.82, 2.24) is 5.32 Å². The van der Waals surface area contributed by atoms with Gasteiger partial charge in [0.25, 0.3) is 0 Å². The second-order valence-electron chi connectivity index (χ2n) is 5.21. The molecule has 5 heteroatoms. The van der Waals surface area contributed by atoms with Crippen LogP contribution >= 0.6 is 24.0 Å². The van der Waals surface area contributed by atoms with E-state index in [1.165, 1.54) is 6.42 Å². The zero-order valence-corrected chi connectivity index (χ0v) is 13.8. The third-order valence-corrected chi connectivity index (χ3v) is 5.86. The van der Waals surface area contributed by atoms with Crippen LogP contribution in [0.4, 0.5) is 0 Å². The fraction of sp³-hybridized carbons (Fsp3) is 0.857. The summed E-state index contributed by atoms with van der Waals surface area (Å²) in [6, 6.07) is 0.295. The van der Waals surface area contributed by atoms with E-state index in [1.807, 2.05) is 25.6 Å². The predicted molar refractivity (Wildman–Crippen MR) is 87.5 cm³/mol. The number of nitrogens with one attached hydrogen (secondary N) is 1. The molecule has 0 aromatic carbocycles. The largest absolute Gasteiger partial charge is 0.392 e. The molecule has 1 aliphatic carbocycles. The Bertz CT molecular complexity index is 329. The monoisotopic (exact) mass is 302 g/mol. The number of amides is 1. The minimum absolute atomic E-state index is 0.0251. The van der Waals surface area contributed by atoms with Crippen molar-refractivity contribution in [1.29, 1.82) is 0 Å². The molecule has 0 aromatic rings. The van der Waals surface area contributed by atoms with Gasteiger partial charge in [-0.3, -0.25) is 4.79 Å². The minimum atomic E-state index is -0.661. The second kappa shape index (κ2) is 7.48. The average molecular weight is 303 g/mol. The summed E-state index contributed by atoms with van der Waals surface area (Å²) in [4.78, 5) is 12.8. The summed E-state index contributed by atoms with van der Waals surface area (Å²) >= 11 is 7.12. The van der Waals surface area contributed by atoms with Gasteiger partial charge in [0, 0.05) is 11.3 Å². The molecule has 19 heavy (non-hydrogen) atoms. The highest BCUT2D eigenvalue weighted by atomic mass is 32.2. The van der Waals surface area contributed by atoms with Crippen molar-refractivity contribution < 1.29 is 4.79 Å². The summed E-state index contributed by atoms with van der Waals surface area (Å²) in [5.74, 6) is 1.17. The molecule has 3 nitrogen and oxygen atoms in total. The molecule has 0 heterocycles. The van der Waals surface area contributed by atoms with Crippen molar-refractivity contribution in [3.8, 4) is 0 Å². The van der Waals surface area contributed by atoms with Gasteiger partial charge in [-0.1, -0.05) is 33.0 Å². The molecule has 3 N–H and O–H groups in total. The lowest BCUT2D eigenvalue weighted by Crippen LogP contribution is -2.50. The van der Waals surface area contributed by atoms with Gasteiger partial charge in [0.05, 0.1) is 10.4 Å². The molecule has 1 rings (SSSR count). The first kappa shape index (κ1) is 16.8. The van der Waals surface area contributed by atoms with Crippen LogP contribution in [0, 0.1) is 5.41 Å². The van der Waals surface area contributed by atoms with Crippen molar-refractivity contribution in [2.45, 2.75) is 64.2 Å². The van der Waals surface area contributed by atoms with E-state index in [-0.39, 0.29) is 5.91 Å². The van der Waals surface area contributed by atoms with Crippen LogP contribution in [-0.2, 0) is 4.79 Å². The highest BCUT2D eigenvalue weighted by Gasteiger charge is 2.39. The zero-order chi connectivity index (χ0) is 14.5. The highest BCUT2D eigenvalue weighted by molar-refractivity contribution is 7.99. The smallest absolute Gasteiger partial charge is 0.233 e. The van der Waals surface area contributed by atoms with Gasteiger partial charge in [0.2, 0.25) is 5.91 Å². The van der Waals surface area contributed by atoms with Crippen LogP contribution in [0.25, 0.3) is 0 Å². The first-order valence-corrected chi connectivity index (χ1v) is 8.68. The minimum Gasteiger partial charge on any atom is -0.392 e. The Morgan fingerprint density at radius 2 is 2.00 bits per heavy atom. The van der Waals surface area contributed by atoms with Crippen LogP contribution in [0.3, 0.4) is 0 Å². The van der Waals surface area contributed by atoms with E-state index in [2.05, 4.69) is 12.2 Å². The van der Waals surface area contributed by atoms with Crippen molar-refractivity contribution >= 4 is 34.9 Å². The maximum Gasteiger partial charge on any atom is 0.233 e. The molecule has 0 aliphatic heterocycles. The van der Waals surface area contributed by atoms with Crippen molar-refractivity contribution in [2.75, 3.05) is 5.75 Å². The quantitative estimate of drug-likeness (QED) is 0.710. The third kappa shape index (κ3) is 3.85. The molecule has 2 unspecified atom stereocenters. The summed E-state index contributed by atoms with van der Waals surface area (Å²) in [5.41, 5.74) is 5.15. The van der Waals surface area contributed by atoms with Gasteiger partial charge in [0.15, 0.2) is 0 Å². The summed E-state index contributed by atoms with van der Waals surface area (Å²) < 4.78 is 0. The van der Waals surface area contributed by atoms with E-state index in [4.69, 9.17) is 18.0 Å². The van der Waals surface area contributed by atoms with E-state index in [9.17, 15) is 4.79 Å². The fourth-order valence-electron chi connectivity index (χ4n) is 2.81. The molecule has 1 fully saturated rings. The van der Waals surface area contributed by atoms with Crippen molar-refractivity contribution in [3.05, 3.63) is 0 Å². The van der Waals surface area contributed by atoms with Crippen LogP contribution in [0.15, 0.2) is 0 Å². The van der Waals surface area contributed by atoms with Gasteiger partial charge in [-0.05, 0) is 37.9 Å². The van der Waals surface area contributed by atoms with E-state index >= 15 is 0 Å². The van der Waals surface area contributed by atoms with Crippen LogP contribution in [0.1, 0.15) is 52.9 Å². The molecule has 1 amide bonds. The number of carbonyl (C=O) groups excluding carboxylic acids is 1. The van der Waals surface area contributed by atoms with E-state index in [0.29, 0.717) is 29.1 Å². The van der Waals surface area contributed by atoms with Gasteiger partial charge in [0.1, 0.15) is 0 Å². The Morgan fingerprint density at radius 3 is 2.47 bits per heavy atom. The first-order valence-electron chi connectivity index (χ1n) is 7.22. The Kier molecular flexibility index (Phi) is 6.60. The van der Waals surface area contributed by atoms with Crippen LogP contribution < -0.4 is 11.1 Å². The van der Waals surface area contributed by atoms with Gasteiger partial charge in [-0.25, -0.2) is 0 Å². The van der Waals surface area contributed by atoms with Crippen molar-refractivity contribution in [3.63, 3.8) is 0 Å². The fourth-order valence-corrected chi connectivity index (χ4v) is 4.34. The lowest BCUT2D eigenvalue weighted by molar-refractivity contribution is -0.128. The van der Waals surface area contributed by atoms with E-state index in [0.717, 1.165) is 18.6 Å².